The molecule has 0 aromatic heterocycles. The summed E-state index contributed by atoms with van der Waals surface area (Å²) in [6.45, 7) is 1.72. The van der Waals surface area contributed by atoms with Crippen molar-refractivity contribution in [1.82, 2.24) is 0 Å². The zero-order valence-corrected chi connectivity index (χ0v) is 13.6. The minimum atomic E-state index is -0.658. The molecule has 1 aliphatic carbocycles. The van der Waals surface area contributed by atoms with Crippen LogP contribution in [0.25, 0.3) is 5.57 Å². The molecule has 0 amide bonds. The van der Waals surface area contributed by atoms with E-state index in [1.807, 2.05) is 0 Å². The molecule has 0 bridgehead atoms. The van der Waals surface area contributed by atoms with E-state index in [1.165, 1.54) is 20.3 Å². The lowest BCUT2D eigenvalue weighted by Crippen LogP contribution is -2.12. The van der Waals surface area contributed by atoms with E-state index in [2.05, 4.69) is 10.8 Å². The predicted octanol–water partition coefficient (Wildman–Crippen LogP) is 4.13. The maximum atomic E-state index is 14.3. The lowest BCUT2D eigenvalue weighted by Gasteiger charge is -2.17. The summed E-state index contributed by atoms with van der Waals surface area (Å²) < 4.78 is 29.4. The topological polar surface area (TPSA) is 44.8 Å². The number of benzene rings is 1. The molecule has 1 aliphatic rings. The smallest absolute Gasteiger partial charge is 0.377 e. The highest BCUT2D eigenvalue weighted by atomic mass is 19.1. The third kappa shape index (κ3) is 4.12. The van der Waals surface area contributed by atoms with Crippen molar-refractivity contribution in [2.45, 2.75) is 32.6 Å². The van der Waals surface area contributed by atoms with Crippen molar-refractivity contribution in [2.24, 2.45) is 0 Å². The first-order chi connectivity index (χ1) is 11.1. The van der Waals surface area contributed by atoms with Gasteiger partial charge in [-0.05, 0) is 55.9 Å². The van der Waals surface area contributed by atoms with Crippen LogP contribution < -0.4 is 4.74 Å². The summed E-state index contributed by atoms with van der Waals surface area (Å²) in [5.41, 5.74) is 2.09. The predicted molar refractivity (Wildman–Crippen MR) is 85.3 cm³/mol. The Hall–Kier alpha value is -2.30. The van der Waals surface area contributed by atoms with Crippen LogP contribution in [0.3, 0.4) is 0 Å². The molecule has 124 valence electrons. The van der Waals surface area contributed by atoms with E-state index in [9.17, 15) is 9.18 Å². The van der Waals surface area contributed by atoms with Crippen molar-refractivity contribution >= 4 is 11.5 Å². The van der Waals surface area contributed by atoms with Gasteiger partial charge in [0.1, 0.15) is 17.8 Å². The van der Waals surface area contributed by atoms with Crippen LogP contribution in [0.1, 0.15) is 36.8 Å². The van der Waals surface area contributed by atoms with Crippen molar-refractivity contribution in [2.75, 3.05) is 14.2 Å². The molecular weight excluding hydrogens is 299 g/mol. The molecule has 0 saturated carbocycles. The number of rotatable bonds is 5. The van der Waals surface area contributed by atoms with Crippen LogP contribution in [0, 0.1) is 12.7 Å². The van der Waals surface area contributed by atoms with Gasteiger partial charge in [0.2, 0.25) is 5.76 Å². The highest BCUT2D eigenvalue weighted by molar-refractivity contribution is 5.86. The van der Waals surface area contributed by atoms with Gasteiger partial charge in [-0.25, -0.2) is 9.18 Å². The van der Waals surface area contributed by atoms with Gasteiger partial charge in [-0.3, -0.25) is 0 Å². The summed E-state index contributed by atoms with van der Waals surface area (Å²) in [7, 11) is 2.66. The third-order valence-electron chi connectivity index (χ3n) is 3.73. The van der Waals surface area contributed by atoms with Gasteiger partial charge in [-0.2, -0.15) is 0 Å². The van der Waals surface area contributed by atoms with Gasteiger partial charge >= 0.3 is 5.97 Å². The fourth-order valence-electron chi connectivity index (χ4n) is 2.53. The maximum absolute atomic E-state index is 14.3. The number of halogens is 1. The number of methoxy groups -OCH3 is 2. The van der Waals surface area contributed by atoms with Crippen molar-refractivity contribution in [3.63, 3.8) is 0 Å². The van der Waals surface area contributed by atoms with Gasteiger partial charge in [-0.15, -0.1) is 0 Å². The van der Waals surface area contributed by atoms with Gasteiger partial charge < -0.3 is 14.2 Å². The molecule has 1 aromatic carbocycles. The molecule has 2 rings (SSSR count). The van der Waals surface area contributed by atoms with Crippen LogP contribution in [-0.4, -0.2) is 20.2 Å². The normalized spacial score (nSPS) is 15.0. The van der Waals surface area contributed by atoms with Gasteiger partial charge in [0.25, 0.3) is 0 Å². The number of allylic oxidation sites excluding steroid dienone is 2. The van der Waals surface area contributed by atoms with E-state index < -0.39 is 5.97 Å². The molecule has 0 N–H and O–H groups in total. The summed E-state index contributed by atoms with van der Waals surface area (Å²) >= 11 is 0. The largest absolute Gasteiger partial charge is 0.500 e. The number of carbonyl (C=O) groups excluding carboxylic acids is 1. The lowest BCUT2D eigenvalue weighted by atomic mass is 9.92. The van der Waals surface area contributed by atoms with Crippen LogP contribution >= 0.6 is 0 Å². The first-order valence-electron chi connectivity index (χ1n) is 7.55. The van der Waals surface area contributed by atoms with E-state index >= 15 is 0 Å². The van der Waals surface area contributed by atoms with Crippen LogP contribution in [0.15, 0.2) is 30.2 Å². The SMILES string of the molecule is CO/C=C(\Oc1cc(C2=CCCCC2)c(F)cc1C)C(=O)OC. The fraction of sp³-hybridized carbons (Fsp3) is 0.389. The molecule has 0 fully saturated rings. The number of hydrogen-bond donors (Lipinski definition) is 0. The van der Waals surface area contributed by atoms with E-state index in [4.69, 9.17) is 9.47 Å². The maximum Gasteiger partial charge on any atom is 0.377 e. The van der Waals surface area contributed by atoms with Crippen LogP contribution in [0.2, 0.25) is 0 Å². The van der Waals surface area contributed by atoms with E-state index in [-0.39, 0.29) is 11.6 Å². The molecule has 0 spiro atoms. The summed E-state index contributed by atoms with van der Waals surface area (Å²) in [5.74, 6) is -0.623. The second-order valence-corrected chi connectivity index (χ2v) is 5.38. The van der Waals surface area contributed by atoms with Crippen molar-refractivity contribution in [3.05, 3.63) is 47.2 Å². The Bertz CT molecular complexity index is 647. The quantitative estimate of drug-likeness (QED) is 0.465. The molecular formula is C18H21FO4. The molecule has 0 radical (unpaired) electrons. The van der Waals surface area contributed by atoms with E-state index in [0.717, 1.165) is 37.5 Å². The first kappa shape index (κ1) is 17.1. The van der Waals surface area contributed by atoms with E-state index in [1.54, 1.807) is 13.0 Å². The Morgan fingerprint density at radius 1 is 1.26 bits per heavy atom. The first-order valence-corrected chi connectivity index (χ1v) is 7.55. The summed E-state index contributed by atoms with van der Waals surface area (Å²) in [6, 6.07) is 3.05. The standard InChI is InChI=1S/C18H21FO4/c1-12-9-15(19)14(13-7-5-4-6-8-13)10-16(12)23-17(11-21-2)18(20)22-3/h7,9-11H,4-6,8H2,1-3H3/b17-11-. The Balaban J connectivity index is 2.36. The molecule has 5 heteroatoms. The van der Waals surface area contributed by atoms with Crippen molar-refractivity contribution < 1.29 is 23.4 Å². The zero-order chi connectivity index (χ0) is 16.8. The average Bonchev–Trinajstić information content (AvgIpc) is 2.56. The number of hydrogen-bond acceptors (Lipinski definition) is 4. The number of esters is 1. The fourth-order valence-corrected chi connectivity index (χ4v) is 2.53. The monoisotopic (exact) mass is 320 g/mol. The van der Waals surface area contributed by atoms with Gasteiger partial charge in [-0.1, -0.05) is 6.08 Å². The van der Waals surface area contributed by atoms with Gasteiger partial charge in [0, 0.05) is 5.56 Å². The van der Waals surface area contributed by atoms with Crippen molar-refractivity contribution in [3.8, 4) is 5.75 Å². The van der Waals surface area contributed by atoms with Gasteiger partial charge in [0.05, 0.1) is 14.2 Å². The third-order valence-corrected chi connectivity index (χ3v) is 3.73. The summed E-state index contributed by atoms with van der Waals surface area (Å²) in [6.07, 6.45) is 7.20. The molecule has 1 aromatic rings. The summed E-state index contributed by atoms with van der Waals surface area (Å²) in [5, 5.41) is 0. The zero-order valence-electron chi connectivity index (χ0n) is 13.6. The molecule has 0 heterocycles. The van der Waals surface area contributed by atoms with Crippen LogP contribution in [0.5, 0.6) is 5.75 Å². The molecule has 0 saturated heterocycles. The van der Waals surface area contributed by atoms with Crippen LogP contribution in [0.4, 0.5) is 4.39 Å². The molecule has 0 unspecified atom stereocenters. The van der Waals surface area contributed by atoms with Crippen LogP contribution in [-0.2, 0) is 14.3 Å². The Morgan fingerprint density at radius 3 is 2.65 bits per heavy atom. The van der Waals surface area contributed by atoms with E-state index in [0.29, 0.717) is 16.9 Å². The second kappa shape index (κ2) is 7.81. The Kier molecular flexibility index (Phi) is 5.79. The lowest BCUT2D eigenvalue weighted by molar-refractivity contribution is -0.138. The number of carbonyl (C=O) groups is 1. The Labute approximate surface area is 135 Å². The minimum absolute atomic E-state index is 0.0896. The minimum Gasteiger partial charge on any atom is -0.500 e. The number of aryl methyl sites for hydroxylation is 1. The molecule has 23 heavy (non-hydrogen) atoms. The summed E-state index contributed by atoms with van der Waals surface area (Å²) in [4.78, 5) is 11.7. The highest BCUT2D eigenvalue weighted by Crippen LogP contribution is 2.33. The molecule has 4 nitrogen and oxygen atoms in total. The van der Waals surface area contributed by atoms with Crippen molar-refractivity contribution in [1.29, 1.82) is 0 Å². The van der Waals surface area contributed by atoms with Gasteiger partial charge in [0.15, 0.2) is 0 Å². The average molecular weight is 320 g/mol. The highest BCUT2D eigenvalue weighted by Gasteiger charge is 2.18. The number of ether oxygens (including phenoxy) is 3. The molecule has 0 atom stereocenters. The molecule has 0 aliphatic heterocycles. The second-order valence-electron chi connectivity index (χ2n) is 5.38. The Morgan fingerprint density at radius 2 is 2.04 bits per heavy atom.